The smallest absolute Gasteiger partial charge is 0.330 e. The van der Waals surface area contributed by atoms with Gasteiger partial charge in [0.1, 0.15) is 6.10 Å². The van der Waals surface area contributed by atoms with Crippen molar-refractivity contribution in [3.05, 3.63) is 43.0 Å². The Balaban J connectivity index is 2.20. The molecule has 0 spiro atoms. The number of carbonyl (C=O) groups is 1. The maximum Gasteiger partial charge on any atom is 0.330 e. The van der Waals surface area contributed by atoms with Crippen LogP contribution in [0.3, 0.4) is 0 Å². The fourth-order valence-electron chi connectivity index (χ4n) is 0.954. The van der Waals surface area contributed by atoms with Gasteiger partial charge < -0.3 is 8.92 Å². The largest absolute Gasteiger partial charge is 0.457 e. The Labute approximate surface area is 99.7 Å². The third kappa shape index (κ3) is 5.00. The molecule has 0 N–H and O–H groups in total. The van der Waals surface area contributed by atoms with Crippen LogP contribution < -0.4 is 0 Å². The number of esters is 1. The van der Waals surface area contributed by atoms with Crippen molar-refractivity contribution in [3.63, 3.8) is 0 Å². The Morgan fingerprint density at radius 3 is 2.81 bits per heavy atom. The summed E-state index contributed by atoms with van der Waals surface area (Å²) in [4.78, 5) is 11.9. The monoisotopic (exact) mass is 238 g/mol. The van der Waals surface area contributed by atoms with Crippen molar-refractivity contribution in [2.24, 2.45) is 0 Å². The van der Waals surface area contributed by atoms with E-state index >= 15 is 0 Å². The van der Waals surface area contributed by atoms with Gasteiger partial charge in [-0.05, 0) is 19.1 Å². The molecule has 1 unspecified atom stereocenters. The lowest BCUT2D eigenvalue weighted by Gasteiger charge is -2.11. The van der Waals surface area contributed by atoms with E-state index in [4.69, 9.17) is 8.92 Å². The summed E-state index contributed by atoms with van der Waals surface area (Å²) in [7, 11) is 0. The quantitative estimate of drug-likeness (QED) is 0.434. The predicted molar refractivity (Wildman–Crippen MR) is 64.0 cm³/mol. The van der Waals surface area contributed by atoms with E-state index in [0.717, 1.165) is 11.0 Å². The van der Waals surface area contributed by atoms with E-state index in [9.17, 15) is 4.79 Å². The number of ether oxygens (including phenoxy) is 1. The van der Waals surface area contributed by atoms with Gasteiger partial charge in [-0.25, -0.2) is 4.79 Å². The Bertz CT molecular complexity index is 337. The molecule has 4 heteroatoms. The highest BCUT2D eigenvalue weighted by molar-refractivity contribution is 7.94. The van der Waals surface area contributed by atoms with E-state index in [1.54, 1.807) is 6.92 Å². The lowest BCUT2D eigenvalue weighted by Crippen LogP contribution is -2.17. The zero-order valence-corrected chi connectivity index (χ0v) is 9.91. The molecule has 16 heavy (non-hydrogen) atoms. The van der Waals surface area contributed by atoms with Crippen molar-refractivity contribution in [2.75, 3.05) is 6.61 Å². The lowest BCUT2D eigenvalue weighted by atomic mass is 10.4. The highest BCUT2D eigenvalue weighted by atomic mass is 32.2. The van der Waals surface area contributed by atoms with Crippen LogP contribution in [0.15, 0.2) is 47.9 Å². The van der Waals surface area contributed by atoms with Crippen LogP contribution in [-0.4, -0.2) is 18.7 Å². The van der Waals surface area contributed by atoms with E-state index in [0.29, 0.717) is 6.61 Å². The van der Waals surface area contributed by atoms with Crippen molar-refractivity contribution < 1.29 is 13.7 Å². The van der Waals surface area contributed by atoms with Gasteiger partial charge in [0.2, 0.25) is 0 Å². The SMILES string of the molecule is C=CC(=O)OC(C)COSc1ccccc1. The molecule has 1 aromatic rings. The molecule has 0 aliphatic carbocycles. The fourth-order valence-corrected chi connectivity index (χ4v) is 1.62. The summed E-state index contributed by atoms with van der Waals surface area (Å²) < 4.78 is 10.3. The Kier molecular flexibility index (Phi) is 5.67. The van der Waals surface area contributed by atoms with E-state index in [1.807, 2.05) is 30.3 Å². The molecule has 0 heterocycles. The summed E-state index contributed by atoms with van der Waals surface area (Å²) in [5.41, 5.74) is 0. The van der Waals surface area contributed by atoms with E-state index in [-0.39, 0.29) is 6.10 Å². The maximum absolute atomic E-state index is 10.9. The highest BCUT2D eigenvalue weighted by Crippen LogP contribution is 2.18. The maximum atomic E-state index is 10.9. The van der Waals surface area contributed by atoms with Crippen molar-refractivity contribution in [3.8, 4) is 0 Å². The molecular weight excluding hydrogens is 224 g/mol. The average molecular weight is 238 g/mol. The molecule has 0 aliphatic rings. The summed E-state index contributed by atoms with van der Waals surface area (Å²) in [5, 5.41) is 0. The fraction of sp³-hybridized carbons (Fsp3) is 0.250. The Morgan fingerprint density at radius 1 is 1.50 bits per heavy atom. The second-order valence-electron chi connectivity index (χ2n) is 3.13. The summed E-state index contributed by atoms with van der Waals surface area (Å²) in [6.07, 6.45) is 0.864. The van der Waals surface area contributed by atoms with Gasteiger partial charge in [-0.1, -0.05) is 24.8 Å². The van der Waals surface area contributed by atoms with Crippen LogP contribution >= 0.6 is 12.0 Å². The number of benzene rings is 1. The summed E-state index contributed by atoms with van der Waals surface area (Å²) in [6.45, 7) is 5.44. The van der Waals surface area contributed by atoms with Gasteiger partial charge in [-0.3, -0.25) is 0 Å². The van der Waals surface area contributed by atoms with E-state index < -0.39 is 5.97 Å². The van der Waals surface area contributed by atoms with Crippen molar-refractivity contribution in [1.82, 2.24) is 0 Å². The first-order valence-electron chi connectivity index (χ1n) is 4.90. The normalized spacial score (nSPS) is 11.8. The molecule has 0 saturated heterocycles. The van der Waals surface area contributed by atoms with Crippen molar-refractivity contribution in [2.45, 2.75) is 17.9 Å². The number of hydrogen-bond donors (Lipinski definition) is 0. The minimum absolute atomic E-state index is 0.276. The van der Waals surface area contributed by atoms with Gasteiger partial charge in [0, 0.05) is 23.0 Å². The minimum Gasteiger partial charge on any atom is -0.457 e. The Hall–Kier alpha value is -1.26. The van der Waals surface area contributed by atoms with Crippen LogP contribution in [-0.2, 0) is 13.7 Å². The first kappa shape index (κ1) is 12.8. The topological polar surface area (TPSA) is 35.5 Å². The molecule has 3 nitrogen and oxygen atoms in total. The first-order chi connectivity index (χ1) is 7.72. The van der Waals surface area contributed by atoms with E-state index in [1.165, 1.54) is 12.0 Å². The summed E-state index contributed by atoms with van der Waals surface area (Å²) in [6, 6.07) is 9.72. The van der Waals surface area contributed by atoms with Gasteiger partial charge in [-0.2, -0.15) is 0 Å². The third-order valence-electron chi connectivity index (χ3n) is 1.69. The van der Waals surface area contributed by atoms with Gasteiger partial charge in [0.25, 0.3) is 0 Å². The molecule has 1 rings (SSSR count). The standard InChI is InChI=1S/C12H14O3S/c1-3-12(13)15-10(2)9-14-16-11-7-5-4-6-8-11/h3-8,10H,1,9H2,2H3. The number of carbonyl (C=O) groups excluding carboxylic acids is 1. The van der Waals surface area contributed by atoms with Crippen LogP contribution in [0.2, 0.25) is 0 Å². The summed E-state index contributed by atoms with van der Waals surface area (Å²) in [5.74, 6) is -0.430. The molecule has 0 aliphatic heterocycles. The van der Waals surface area contributed by atoms with Crippen molar-refractivity contribution >= 4 is 18.0 Å². The molecule has 1 atom stereocenters. The summed E-state index contributed by atoms with van der Waals surface area (Å²) >= 11 is 1.27. The second kappa shape index (κ2) is 7.09. The second-order valence-corrected chi connectivity index (χ2v) is 4.01. The van der Waals surface area contributed by atoms with Gasteiger partial charge in [0.15, 0.2) is 0 Å². The Morgan fingerprint density at radius 2 is 2.19 bits per heavy atom. The molecule has 0 radical (unpaired) electrons. The molecular formula is C12H14O3S. The highest BCUT2D eigenvalue weighted by Gasteiger charge is 2.06. The van der Waals surface area contributed by atoms with E-state index in [2.05, 4.69) is 6.58 Å². The zero-order chi connectivity index (χ0) is 11.8. The molecule has 86 valence electrons. The van der Waals surface area contributed by atoms with Crippen LogP contribution in [0.25, 0.3) is 0 Å². The zero-order valence-electron chi connectivity index (χ0n) is 9.09. The number of hydrogen-bond acceptors (Lipinski definition) is 4. The predicted octanol–water partition coefficient (Wildman–Crippen LogP) is 2.83. The molecule has 0 aromatic heterocycles. The lowest BCUT2D eigenvalue weighted by molar-refractivity contribution is -0.143. The van der Waals surface area contributed by atoms with Crippen molar-refractivity contribution in [1.29, 1.82) is 0 Å². The molecule has 0 fully saturated rings. The first-order valence-corrected chi connectivity index (χ1v) is 5.64. The van der Waals surface area contributed by atoms with Crippen LogP contribution in [0, 0.1) is 0 Å². The van der Waals surface area contributed by atoms with Gasteiger partial charge in [-0.15, -0.1) is 0 Å². The molecule has 1 aromatic carbocycles. The average Bonchev–Trinajstić information content (AvgIpc) is 2.30. The third-order valence-corrected chi connectivity index (χ3v) is 2.40. The van der Waals surface area contributed by atoms with Gasteiger partial charge >= 0.3 is 5.97 Å². The molecule has 0 saturated carbocycles. The molecule has 0 amide bonds. The molecule has 0 bridgehead atoms. The van der Waals surface area contributed by atoms with Gasteiger partial charge in [0.05, 0.1) is 6.61 Å². The van der Waals surface area contributed by atoms with Crippen LogP contribution in [0.1, 0.15) is 6.92 Å². The number of rotatable bonds is 6. The van der Waals surface area contributed by atoms with Crippen LogP contribution in [0.5, 0.6) is 0 Å². The van der Waals surface area contributed by atoms with Crippen LogP contribution in [0.4, 0.5) is 0 Å². The minimum atomic E-state index is -0.430.